The summed E-state index contributed by atoms with van der Waals surface area (Å²) in [5.41, 5.74) is 1.24. The van der Waals surface area contributed by atoms with E-state index < -0.39 is 6.10 Å². The van der Waals surface area contributed by atoms with Crippen LogP contribution >= 0.6 is 11.8 Å². The molecule has 4 nitrogen and oxygen atoms in total. The van der Waals surface area contributed by atoms with Gasteiger partial charge in [-0.1, -0.05) is 30.3 Å². The number of aliphatic hydroxyl groups is 1. The molecule has 20 heavy (non-hydrogen) atoms. The average molecular weight is 294 g/mol. The number of hydrogen-bond donors (Lipinski definition) is 1. The number of carbonyl (C=O) groups excluding carboxylic acids is 1. The molecule has 5 heteroatoms. The normalized spacial score (nSPS) is 20.7. The fourth-order valence-electron chi connectivity index (χ4n) is 2.48. The summed E-state index contributed by atoms with van der Waals surface area (Å²) < 4.78 is 0. The Morgan fingerprint density at radius 2 is 2.05 bits per heavy atom. The Bertz CT molecular complexity index is 427. The number of amides is 1. The predicted octanol–water partition coefficient (Wildman–Crippen LogP) is 1.05. The number of carbonyl (C=O) groups is 1. The monoisotopic (exact) mass is 294 g/mol. The van der Waals surface area contributed by atoms with E-state index in [1.807, 2.05) is 24.5 Å². The van der Waals surface area contributed by atoms with E-state index in [0.717, 1.165) is 13.1 Å². The maximum atomic E-state index is 11.9. The molecule has 0 aromatic heterocycles. The standard InChI is InChI=1S/C15H22N2O2S/c1-20-12-15(19)17-8-7-16(10-14(18)11-17)9-13-5-3-2-4-6-13/h2-6,14,18H,7-12H2,1H3/t14-/m1/s1. The summed E-state index contributed by atoms with van der Waals surface area (Å²) in [6.45, 7) is 3.40. The van der Waals surface area contributed by atoms with E-state index in [9.17, 15) is 9.90 Å². The van der Waals surface area contributed by atoms with Gasteiger partial charge in [-0.05, 0) is 11.8 Å². The van der Waals surface area contributed by atoms with Crippen molar-refractivity contribution in [1.82, 2.24) is 9.80 Å². The molecule has 1 aliphatic heterocycles. The number of thioether (sulfide) groups is 1. The van der Waals surface area contributed by atoms with Crippen molar-refractivity contribution in [2.24, 2.45) is 0 Å². The third-order valence-corrected chi connectivity index (χ3v) is 3.99. The molecule has 1 aromatic carbocycles. The van der Waals surface area contributed by atoms with E-state index in [4.69, 9.17) is 0 Å². The third kappa shape index (κ3) is 4.51. The van der Waals surface area contributed by atoms with Crippen molar-refractivity contribution >= 4 is 17.7 Å². The molecule has 2 rings (SSSR count). The Balaban J connectivity index is 1.93. The van der Waals surface area contributed by atoms with Crippen LogP contribution in [0.3, 0.4) is 0 Å². The van der Waals surface area contributed by atoms with Gasteiger partial charge in [-0.3, -0.25) is 9.69 Å². The maximum absolute atomic E-state index is 11.9. The summed E-state index contributed by atoms with van der Waals surface area (Å²) in [5, 5.41) is 10.1. The Morgan fingerprint density at radius 3 is 2.75 bits per heavy atom. The summed E-state index contributed by atoms with van der Waals surface area (Å²) >= 11 is 1.53. The SMILES string of the molecule is CSCC(=O)N1CCN(Cc2ccccc2)C[C@@H](O)C1. The van der Waals surface area contributed by atoms with Crippen molar-refractivity contribution in [2.45, 2.75) is 12.6 Å². The summed E-state index contributed by atoms with van der Waals surface area (Å²) in [5.74, 6) is 0.615. The lowest BCUT2D eigenvalue weighted by Crippen LogP contribution is -2.38. The molecular weight excluding hydrogens is 272 g/mol. The van der Waals surface area contributed by atoms with Crippen LogP contribution in [0.5, 0.6) is 0 Å². The van der Waals surface area contributed by atoms with E-state index in [2.05, 4.69) is 17.0 Å². The molecule has 110 valence electrons. The smallest absolute Gasteiger partial charge is 0.232 e. The van der Waals surface area contributed by atoms with Crippen LogP contribution in [0, 0.1) is 0 Å². The highest BCUT2D eigenvalue weighted by atomic mass is 32.2. The maximum Gasteiger partial charge on any atom is 0.232 e. The molecule has 0 radical (unpaired) electrons. The molecule has 0 unspecified atom stereocenters. The average Bonchev–Trinajstić information content (AvgIpc) is 2.62. The van der Waals surface area contributed by atoms with Crippen LogP contribution in [-0.2, 0) is 11.3 Å². The van der Waals surface area contributed by atoms with Crippen molar-refractivity contribution in [2.75, 3.05) is 38.2 Å². The van der Waals surface area contributed by atoms with Crippen LogP contribution in [0.25, 0.3) is 0 Å². The summed E-state index contributed by atoms with van der Waals surface area (Å²) in [6, 6.07) is 10.2. The molecule has 1 fully saturated rings. The first-order valence-electron chi connectivity index (χ1n) is 6.90. The van der Waals surface area contributed by atoms with E-state index in [1.165, 1.54) is 17.3 Å². The quantitative estimate of drug-likeness (QED) is 0.902. The molecule has 1 aromatic rings. The molecule has 0 spiro atoms. The van der Waals surface area contributed by atoms with Gasteiger partial charge in [0.25, 0.3) is 0 Å². The fraction of sp³-hybridized carbons (Fsp3) is 0.533. The molecule has 1 atom stereocenters. The molecule has 1 aliphatic rings. The highest BCUT2D eigenvalue weighted by Gasteiger charge is 2.23. The molecule has 0 aliphatic carbocycles. The molecule has 0 saturated carbocycles. The van der Waals surface area contributed by atoms with Crippen molar-refractivity contribution < 1.29 is 9.90 Å². The van der Waals surface area contributed by atoms with Gasteiger partial charge in [0.2, 0.25) is 5.91 Å². The van der Waals surface area contributed by atoms with Crippen LogP contribution in [0.4, 0.5) is 0 Å². The lowest BCUT2D eigenvalue weighted by Gasteiger charge is -2.21. The first-order chi connectivity index (χ1) is 9.69. The Kier molecular flexibility index (Phi) is 5.88. The van der Waals surface area contributed by atoms with Gasteiger partial charge >= 0.3 is 0 Å². The van der Waals surface area contributed by atoms with Crippen LogP contribution in [0.1, 0.15) is 5.56 Å². The van der Waals surface area contributed by atoms with E-state index in [-0.39, 0.29) is 5.91 Å². The van der Waals surface area contributed by atoms with Gasteiger partial charge in [-0.25, -0.2) is 0 Å². The predicted molar refractivity (Wildman–Crippen MR) is 82.7 cm³/mol. The largest absolute Gasteiger partial charge is 0.390 e. The van der Waals surface area contributed by atoms with Gasteiger partial charge in [0.15, 0.2) is 0 Å². The van der Waals surface area contributed by atoms with Crippen LogP contribution < -0.4 is 0 Å². The topological polar surface area (TPSA) is 43.8 Å². The van der Waals surface area contributed by atoms with E-state index in [1.54, 1.807) is 4.90 Å². The van der Waals surface area contributed by atoms with Crippen LogP contribution in [-0.4, -0.2) is 65.1 Å². The minimum atomic E-state index is -0.466. The van der Waals surface area contributed by atoms with Gasteiger partial charge in [0, 0.05) is 32.7 Å². The van der Waals surface area contributed by atoms with Gasteiger partial charge in [0.1, 0.15) is 0 Å². The van der Waals surface area contributed by atoms with E-state index in [0.29, 0.717) is 25.4 Å². The van der Waals surface area contributed by atoms with Gasteiger partial charge in [0.05, 0.1) is 11.9 Å². The molecule has 1 N–H and O–H groups in total. The van der Waals surface area contributed by atoms with Crippen molar-refractivity contribution in [3.05, 3.63) is 35.9 Å². The number of nitrogens with zero attached hydrogens (tertiary/aromatic N) is 2. The minimum absolute atomic E-state index is 0.123. The lowest BCUT2D eigenvalue weighted by molar-refractivity contribution is -0.129. The zero-order chi connectivity index (χ0) is 14.4. The number of aliphatic hydroxyl groups excluding tert-OH is 1. The second-order valence-corrected chi connectivity index (χ2v) is 6.01. The lowest BCUT2D eigenvalue weighted by atomic mass is 10.2. The number of rotatable bonds is 4. The van der Waals surface area contributed by atoms with Gasteiger partial charge < -0.3 is 10.0 Å². The first kappa shape index (κ1) is 15.4. The molecule has 1 amide bonds. The Hall–Kier alpha value is -1.04. The highest BCUT2D eigenvalue weighted by Crippen LogP contribution is 2.10. The van der Waals surface area contributed by atoms with Crippen LogP contribution in [0.2, 0.25) is 0 Å². The van der Waals surface area contributed by atoms with Crippen molar-refractivity contribution in [3.8, 4) is 0 Å². The fourth-order valence-corrected chi connectivity index (χ4v) is 2.91. The third-order valence-electron chi connectivity index (χ3n) is 3.46. The van der Waals surface area contributed by atoms with Gasteiger partial charge in [-0.15, -0.1) is 0 Å². The molecule has 0 bridgehead atoms. The summed E-state index contributed by atoms with van der Waals surface area (Å²) in [4.78, 5) is 15.9. The number of β-amino-alcohol motifs (C(OH)–C–C–N with tert-alkyl or cyclic N) is 1. The summed E-state index contributed by atoms with van der Waals surface area (Å²) in [7, 11) is 0. The zero-order valence-corrected chi connectivity index (χ0v) is 12.7. The Labute approximate surface area is 124 Å². The second kappa shape index (κ2) is 7.67. The zero-order valence-electron chi connectivity index (χ0n) is 11.9. The number of benzene rings is 1. The summed E-state index contributed by atoms with van der Waals surface area (Å²) in [6.07, 6.45) is 1.46. The molecular formula is C15H22N2O2S. The highest BCUT2D eigenvalue weighted by molar-refractivity contribution is 7.99. The van der Waals surface area contributed by atoms with Crippen molar-refractivity contribution in [1.29, 1.82) is 0 Å². The minimum Gasteiger partial charge on any atom is -0.390 e. The Morgan fingerprint density at radius 1 is 1.30 bits per heavy atom. The van der Waals surface area contributed by atoms with E-state index >= 15 is 0 Å². The first-order valence-corrected chi connectivity index (χ1v) is 8.29. The molecule has 1 saturated heterocycles. The number of hydrogen-bond acceptors (Lipinski definition) is 4. The second-order valence-electron chi connectivity index (χ2n) is 5.15. The van der Waals surface area contributed by atoms with Gasteiger partial charge in [-0.2, -0.15) is 11.8 Å². The van der Waals surface area contributed by atoms with Crippen molar-refractivity contribution in [3.63, 3.8) is 0 Å². The van der Waals surface area contributed by atoms with Crippen LogP contribution in [0.15, 0.2) is 30.3 Å². The molecule has 1 heterocycles.